The minimum absolute atomic E-state index is 0.215. The summed E-state index contributed by atoms with van der Waals surface area (Å²) in [6, 6.07) is 0. The Hall–Kier alpha value is -1.47. The highest BCUT2D eigenvalue weighted by Crippen LogP contribution is 2.46. The standard InChI is InChI=1S/C22H38N4O3/c1-5-29-20(28)19(21(2,3)4)18-14-26(24-23-18)13-8-17-6-11-25(12-7-17)15-22(16-27)9-10-22/h14,17,19,27H,5-13,15-16H2,1-4H3. The van der Waals surface area contributed by atoms with Crippen LogP contribution in [0.25, 0.3) is 0 Å². The molecular weight excluding hydrogens is 368 g/mol. The second kappa shape index (κ2) is 9.13. The maximum absolute atomic E-state index is 12.4. The van der Waals surface area contributed by atoms with Crippen LogP contribution < -0.4 is 0 Å². The van der Waals surface area contributed by atoms with Crippen molar-refractivity contribution in [3.8, 4) is 0 Å². The van der Waals surface area contributed by atoms with Crippen LogP contribution in [0.5, 0.6) is 0 Å². The van der Waals surface area contributed by atoms with Crippen molar-refractivity contribution in [3.05, 3.63) is 11.9 Å². The van der Waals surface area contributed by atoms with Crippen LogP contribution in [0.15, 0.2) is 6.20 Å². The molecule has 0 spiro atoms. The number of carbonyl (C=O) groups excluding carboxylic acids is 1. The van der Waals surface area contributed by atoms with E-state index in [2.05, 4.69) is 15.2 Å². The van der Waals surface area contributed by atoms with E-state index in [4.69, 9.17) is 4.74 Å². The number of likely N-dealkylation sites (tertiary alicyclic amines) is 1. The summed E-state index contributed by atoms with van der Waals surface area (Å²) in [6.45, 7) is 12.8. The molecule has 1 aliphatic heterocycles. The van der Waals surface area contributed by atoms with Crippen molar-refractivity contribution in [3.63, 3.8) is 0 Å². The summed E-state index contributed by atoms with van der Waals surface area (Å²) < 4.78 is 7.15. The van der Waals surface area contributed by atoms with Crippen LogP contribution in [0, 0.1) is 16.7 Å². The van der Waals surface area contributed by atoms with Gasteiger partial charge in [-0.05, 0) is 63.5 Å². The molecule has 1 aromatic heterocycles. The molecule has 2 aliphatic rings. The number of piperidine rings is 1. The number of carbonyl (C=O) groups is 1. The zero-order chi connectivity index (χ0) is 21.1. The molecular formula is C22H38N4O3. The van der Waals surface area contributed by atoms with Crippen LogP contribution in [-0.4, -0.2) is 63.8 Å². The van der Waals surface area contributed by atoms with Crippen LogP contribution in [0.4, 0.5) is 0 Å². The van der Waals surface area contributed by atoms with Crippen molar-refractivity contribution in [1.29, 1.82) is 0 Å². The van der Waals surface area contributed by atoms with Crippen LogP contribution in [0.1, 0.15) is 71.4 Å². The number of aryl methyl sites for hydroxylation is 1. The van der Waals surface area contributed by atoms with E-state index in [1.165, 1.54) is 25.7 Å². The average Bonchev–Trinajstić information content (AvgIpc) is 3.29. The Morgan fingerprint density at radius 1 is 1.34 bits per heavy atom. The van der Waals surface area contributed by atoms with Crippen LogP contribution in [-0.2, 0) is 16.1 Å². The van der Waals surface area contributed by atoms with E-state index in [0.717, 1.165) is 32.6 Å². The molecule has 1 saturated heterocycles. The summed E-state index contributed by atoms with van der Waals surface area (Å²) in [6.07, 6.45) is 7.77. The highest BCUT2D eigenvalue weighted by atomic mass is 16.5. The molecule has 1 saturated carbocycles. The fourth-order valence-electron chi connectivity index (χ4n) is 4.46. The van der Waals surface area contributed by atoms with Gasteiger partial charge in [0.15, 0.2) is 0 Å². The summed E-state index contributed by atoms with van der Waals surface area (Å²) in [5.41, 5.74) is 0.643. The summed E-state index contributed by atoms with van der Waals surface area (Å²) >= 11 is 0. The molecule has 7 nitrogen and oxygen atoms in total. The van der Waals surface area contributed by atoms with E-state index in [-0.39, 0.29) is 16.8 Å². The van der Waals surface area contributed by atoms with E-state index in [9.17, 15) is 9.90 Å². The molecule has 164 valence electrons. The number of hydrogen-bond donors (Lipinski definition) is 1. The zero-order valence-electron chi connectivity index (χ0n) is 18.6. The van der Waals surface area contributed by atoms with Gasteiger partial charge in [-0.2, -0.15) is 0 Å². The quantitative estimate of drug-likeness (QED) is 0.635. The maximum atomic E-state index is 12.4. The number of aliphatic hydroxyl groups is 1. The van der Waals surface area contributed by atoms with Gasteiger partial charge >= 0.3 is 5.97 Å². The van der Waals surface area contributed by atoms with E-state index < -0.39 is 5.92 Å². The minimum Gasteiger partial charge on any atom is -0.465 e. The molecule has 1 atom stereocenters. The molecule has 1 N–H and O–H groups in total. The number of aromatic nitrogens is 3. The normalized spacial score (nSPS) is 21.1. The van der Waals surface area contributed by atoms with Gasteiger partial charge in [-0.3, -0.25) is 9.48 Å². The highest BCUT2D eigenvalue weighted by molar-refractivity contribution is 5.78. The van der Waals surface area contributed by atoms with Crippen LogP contribution in [0.3, 0.4) is 0 Å². The van der Waals surface area contributed by atoms with Crippen molar-refractivity contribution in [2.45, 2.75) is 72.3 Å². The molecule has 1 aliphatic carbocycles. The molecule has 3 rings (SSSR count). The first kappa shape index (κ1) is 22.2. The molecule has 0 amide bonds. The van der Waals surface area contributed by atoms with Gasteiger partial charge in [0.05, 0.1) is 12.3 Å². The zero-order valence-corrected chi connectivity index (χ0v) is 18.6. The van der Waals surface area contributed by atoms with Gasteiger partial charge in [-0.25, -0.2) is 0 Å². The molecule has 0 bridgehead atoms. The minimum atomic E-state index is -0.402. The molecule has 7 heteroatoms. The molecule has 2 fully saturated rings. The van der Waals surface area contributed by atoms with Gasteiger partial charge in [0, 0.05) is 31.3 Å². The lowest BCUT2D eigenvalue weighted by atomic mass is 9.79. The van der Waals surface area contributed by atoms with Crippen molar-refractivity contribution in [2.75, 3.05) is 32.8 Å². The summed E-state index contributed by atoms with van der Waals surface area (Å²) in [4.78, 5) is 15.0. The molecule has 1 aromatic rings. The van der Waals surface area contributed by atoms with Gasteiger partial charge in [0.2, 0.25) is 0 Å². The first-order chi connectivity index (χ1) is 13.8. The number of hydrogen-bond acceptors (Lipinski definition) is 6. The monoisotopic (exact) mass is 406 g/mol. The third kappa shape index (κ3) is 5.79. The Labute approximate surface area is 174 Å². The summed E-state index contributed by atoms with van der Waals surface area (Å²) in [7, 11) is 0. The largest absolute Gasteiger partial charge is 0.465 e. The van der Waals surface area contributed by atoms with E-state index in [1.807, 2.05) is 38.6 Å². The lowest BCUT2D eigenvalue weighted by Gasteiger charge is -2.34. The predicted octanol–water partition coefficient (Wildman–Crippen LogP) is 2.85. The van der Waals surface area contributed by atoms with Gasteiger partial charge < -0.3 is 14.7 Å². The van der Waals surface area contributed by atoms with E-state index in [1.54, 1.807) is 0 Å². The Kier molecular flexibility index (Phi) is 6.99. The molecule has 1 unspecified atom stereocenters. The lowest BCUT2D eigenvalue weighted by molar-refractivity contribution is -0.147. The van der Waals surface area contributed by atoms with Gasteiger partial charge in [-0.1, -0.05) is 26.0 Å². The molecule has 0 radical (unpaired) electrons. The third-order valence-electron chi connectivity index (χ3n) is 6.57. The van der Waals surface area contributed by atoms with Gasteiger partial charge in [-0.15, -0.1) is 5.10 Å². The van der Waals surface area contributed by atoms with Crippen molar-refractivity contribution < 1.29 is 14.6 Å². The predicted molar refractivity (Wildman–Crippen MR) is 111 cm³/mol. The first-order valence-electron chi connectivity index (χ1n) is 11.2. The molecule has 2 heterocycles. The Balaban J connectivity index is 1.48. The smallest absolute Gasteiger partial charge is 0.315 e. The fourth-order valence-corrected chi connectivity index (χ4v) is 4.46. The third-order valence-corrected chi connectivity index (χ3v) is 6.57. The number of ether oxygens (including phenoxy) is 1. The second-order valence-electron chi connectivity index (χ2n) is 10.1. The number of aliphatic hydroxyl groups excluding tert-OH is 1. The van der Waals surface area contributed by atoms with E-state index in [0.29, 0.717) is 24.8 Å². The van der Waals surface area contributed by atoms with Gasteiger partial charge in [0.25, 0.3) is 0 Å². The Morgan fingerprint density at radius 2 is 2.03 bits per heavy atom. The number of rotatable bonds is 9. The Bertz CT molecular complexity index is 670. The van der Waals surface area contributed by atoms with Gasteiger partial charge in [0.1, 0.15) is 5.92 Å². The van der Waals surface area contributed by atoms with Crippen molar-refractivity contribution >= 4 is 5.97 Å². The SMILES string of the molecule is CCOC(=O)C(c1cn(CCC2CCN(CC3(CO)CC3)CC2)nn1)C(C)(C)C. The first-order valence-corrected chi connectivity index (χ1v) is 11.2. The van der Waals surface area contributed by atoms with Crippen molar-refractivity contribution in [2.24, 2.45) is 16.7 Å². The van der Waals surface area contributed by atoms with Crippen molar-refractivity contribution in [1.82, 2.24) is 19.9 Å². The fraction of sp³-hybridized carbons (Fsp3) is 0.864. The van der Waals surface area contributed by atoms with Crippen LogP contribution in [0.2, 0.25) is 0 Å². The second-order valence-corrected chi connectivity index (χ2v) is 10.1. The topological polar surface area (TPSA) is 80.5 Å². The number of esters is 1. The van der Waals surface area contributed by atoms with E-state index >= 15 is 0 Å². The maximum Gasteiger partial charge on any atom is 0.315 e. The van der Waals surface area contributed by atoms with Crippen LogP contribution >= 0.6 is 0 Å². The summed E-state index contributed by atoms with van der Waals surface area (Å²) in [5, 5.41) is 18.1. The lowest BCUT2D eigenvalue weighted by Crippen LogP contribution is -2.38. The molecule has 29 heavy (non-hydrogen) atoms. The highest BCUT2D eigenvalue weighted by Gasteiger charge is 2.43. The average molecular weight is 407 g/mol. The molecule has 0 aromatic carbocycles. The summed E-state index contributed by atoms with van der Waals surface area (Å²) in [5.74, 6) is 0.0723. The Morgan fingerprint density at radius 3 is 2.59 bits per heavy atom. The number of nitrogens with zero attached hydrogens (tertiary/aromatic N) is 4.